The van der Waals surface area contributed by atoms with Gasteiger partial charge in [-0.15, -0.1) is 0 Å². The molecule has 1 amide bonds. The number of amides is 1. The average Bonchev–Trinajstić information content (AvgIpc) is 2.86. The summed E-state index contributed by atoms with van der Waals surface area (Å²) in [6, 6.07) is 1.70. The molecule has 1 unspecified atom stereocenters. The Bertz CT molecular complexity index is 613. The van der Waals surface area contributed by atoms with Crippen LogP contribution >= 0.6 is 0 Å². The largest absolute Gasteiger partial charge is 0.384 e. The Morgan fingerprint density at radius 2 is 2.19 bits per heavy atom. The maximum atomic E-state index is 12.6. The van der Waals surface area contributed by atoms with E-state index in [-0.39, 0.29) is 17.6 Å². The number of ether oxygens (including phenoxy) is 1. The average molecular weight is 287 g/mol. The molecule has 1 aliphatic rings. The van der Waals surface area contributed by atoms with Crippen molar-refractivity contribution >= 4 is 5.91 Å². The molecule has 0 aliphatic carbocycles. The Labute approximate surface area is 122 Å². The van der Waals surface area contributed by atoms with Crippen molar-refractivity contribution in [2.24, 2.45) is 5.92 Å². The van der Waals surface area contributed by atoms with Gasteiger partial charge in [-0.1, -0.05) is 0 Å². The van der Waals surface area contributed by atoms with Gasteiger partial charge in [0.1, 0.15) is 0 Å². The molecule has 1 aliphatic heterocycles. The van der Waals surface area contributed by atoms with Crippen molar-refractivity contribution in [3.05, 3.63) is 42.5 Å². The molecule has 21 heavy (non-hydrogen) atoms. The number of hydrogen-bond acceptors (Lipinski definition) is 5. The summed E-state index contributed by atoms with van der Waals surface area (Å²) < 4.78 is 7.33. The van der Waals surface area contributed by atoms with Crippen LogP contribution in [0, 0.1) is 5.92 Å². The monoisotopic (exact) mass is 287 g/mol. The highest BCUT2D eigenvalue weighted by atomic mass is 16.5. The number of imidazole rings is 1. The van der Waals surface area contributed by atoms with Crippen molar-refractivity contribution in [1.82, 2.24) is 24.4 Å². The standard InChI is InChI=1S/C14H17N5O2/c1-21-9-11-6-18(8-12-5-15-10-19(12)7-11)14(20)13-16-3-2-4-17-13/h2-5,10-11H,6-9H2,1H3. The molecule has 2 aromatic rings. The van der Waals surface area contributed by atoms with Crippen LogP contribution in [0.2, 0.25) is 0 Å². The van der Waals surface area contributed by atoms with Crippen molar-refractivity contribution in [3.63, 3.8) is 0 Å². The lowest BCUT2D eigenvalue weighted by Crippen LogP contribution is -2.36. The van der Waals surface area contributed by atoms with Gasteiger partial charge in [0.2, 0.25) is 5.82 Å². The smallest absolute Gasteiger partial charge is 0.292 e. The first-order chi connectivity index (χ1) is 10.3. The molecule has 0 bridgehead atoms. The van der Waals surface area contributed by atoms with E-state index in [4.69, 9.17) is 4.74 Å². The van der Waals surface area contributed by atoms with E-state index in [9.17, 15) is 4.79 Å². The molecule has 0 fully saturated rings. The molecule has 0 saturated heterocycles. The normalized spacial score (nSPS) is 18.1. The van der Waals surface area contributed by atoms with E-state index in [0.29, 0.717) is 19.7 Å². The molecule has 0 spiro atoms. The lowest BCUT2D eigenvalue weighted by molar-refractivity contribution is 0.0655. The Morgan fingerprint density at radius 3 is 2.95 bits per heavy atom. The highest BCUT2D eigenvalue weighted by Gasteiger charge is 2.27. The zero-order valence-corrected chi connectivity index (χ0v) is 11.8. The number of rotatable bonds is 3. The maximum Gasteiger partial charge on any atom is 0.292 e. The van der Waals surface area contributed by atoms with Gasteiger partial charge in [0.05, 0.1) is 25.2 Å². The summed E-state index contributed by atoms with van der Waals surface area (Å²) >= 11 is 0. The molecule has 0 radical (unpaired) electrons. The van der Waals surface area contributed by atoms with Gasteiger partial charge in [-0.25, -0.2) is 15.0 Å². The number of nitrogens with zero attached hydrogens (tertiary/aromatic N) is 5. The Hall–Kier alpha value is -2.28. The Morgan fingerprint density at radius 1 is 1.38 bits per heavy atom. The third-order valence-electron chi connectivity index (χ3n) is 3.53. The summed E-state index contributed by atoms with van der Waals surface area (Å²) in [7, 11) is 1.67. The molecule has 3 heterocycles. The van der Waals surface area contributed by atoms with Gasteiger partial charge in [0, 0.05) is 44.7 Å². The molecule has 3 rings (SSSR count). The zero-order valence-electron chi connectivity index (χ0n) is 11.8. The quantitative estimate of drug-likeness (QED) is 0.826. The number of carbonyl (C=O) groups is 1. The van der Waals surface area contributed by atoms with Crippen molar-refractivity contribution in [2.75, 3.05) is 20.3 Å². The molecule has 0 saturated carbocycles. The molecule has 7 heteroatoms. The minimum atomic E-state index is -0.161. The molecular weight excluding hydrogens is 270 g/mol. The predicted molar refractivity (Wildman–Crippen MR) is 74.4 cm³/mol. The highest BCUT2D eigenvalue weighted by Crippen LogP contribution is 2.17. The summed E-state index contributed by atoms with van der Waals surface area (Å²) in [6.45, 7) is 2.52. The van der Waals surface area contributed by atoms with Gasteiger partial charge in [-0.05, 0) is 6.07 Å². The van der Waals surface area contributed by atoms with Crippen molar-refractivity contribution < 1.29 is 9.53 Å². The zero-order chi connectivity index (χ0) is 14.7. The van der Waals surface area contributed by atoms with Crippen molar-refractivity contribution in [1.29, 1.82) is 0 Å². The number of methoxy groups -OCH3 is 1. The van der Waals surface area contributed by atoms with Crippen LogP contribution in [0.25, 0.3) is 0 Å². The Kier molecular flexibility index (Phi) is 3.92. The van der Waals surface area contributed by atoms with Crippen LogP contribution in [0.4, 0.5) is 0 Å². The van der Waals surface area contributed by atoms with Crippen LogP contribution in [-0.2, 0) is 17.8 Å². The second kappa shape index (κ2) is 6.01. The van der Waals surface area contributed by atoms with E-state index < -0.39 is 0 Å². The van der Waals surface area contributed by atoms with Crippen LogP contribution < -0.4 is 0 Å². The van der Waals surface area contributed by atoms with Gasteiger partial charge in [-0.2, -0.15) is 0 Å². The maximum absolute atomic E-state index is 12.6. The van der Waals surface area contributed by atoms with Gasteiger partial charge in [0.15, 0.2) is 0 Å². The molecule has 110 valence electrons. The summed E-state index contributed by atoms with van der Waals surface area (Å²) in [5.74, 6) is 0.283. The SMILES string of the molecule is COCC1CN(C(=O)c2ncccn2)Cc2cncn2C1. The molecule has 7 nitrogen and oxygen atoms in total. The minimum absolute atomic E-state index is 0.161. The van der Waals surface area contributed by atoms with E-state index in [1.807, 2.05) is 0 Å². The third-order valence-corrected chi connectivity index (χ3v) is 3.53. The van der Waals surface area contributed by atoms with E-state index >= 15 is 0 Å². The molecule has 1 atom stereocenters. The fourth-order valence-electron chi connectivity index (χ4n) is 2.60. The number of aromatic nitrogens is 4. The molecule has 0 aromatic carbocycles. The van der Waals surface area contributed by atoms with Crippen LogP contribution in [0.5, 0.6) is 0 Å². The molecular formula is C14H17N5O2. The minimum Gasteiger partial charge on any atom is -0.384 e. The first-order valence-corrected chi connectivity index (χ1v) is 6.82. The van der Waals surface area contributed by atoms with Crippen LogP contribution in [-0.4, -0.2) is 50.6 Å². The van der Waals surface area contributed by atoms with Crippen LogP contribution in [0.15, 0.2) is 31.0 Å². The lowest BCUT2D eigenvalue weighted by atomic mass is 10.1. The highest BCUT2D eigenvalue weighted by molar-refractivity contribution is 5.90. The summed E-state index contributed by atoms with van der Waals surface area (Å²) in [6.07, 6.45) is 6.75. The number of hydrogen-bond donors (Lipinski definition) is 0. The number of carbonyl (C=O) groups excluding carboxylic acids is 1. The molecule has 2 aromatic heterocycles. The third kappa shape index (κ3) is 2.92. The molecule has 0 N–H and O–H groups in total. The predicted octanol–water partition coefficient (Wildman–Crippen LogP) is 0.592. The van der Waals surface area contributed by atoms with Gasteiger partial charge in [0.25, 0.3) is 5.91 Å². The number of fused-ring (bicyclic) bond motifs is 1. The fraction of sp³-hybridized carbons (Fsp3) is 0.429. The van der Waals surface area contributed by atoms with E-state index in [2.05, 4.69) is 19.5 Å². The van der Waals surface area contributed by atoms with Gasteiger partial charge in [-0.3, -0.25) is 4.79 Å². The second-order valence-electron chi connectivity index (χ2n) is 5.12. The first-order valence-electron chi connectivity index (χ1n) is 6.82. The summed E-state index contributed by atoms with van der Waals surface area (Å²) in [5.41, 5.74) is 1.01. The van der Waals surface area contributed by atoms with Gasteiger partial charge >= 0.3 is 0 Å². The topological polar surface area (TPSA) is 73.1 Å². The van der Waals surface area contributed by atoms with E-state index in [1.54, 1.807) is 43.0 Å². The first kappa shape index (κ1) is 13.7. The van der Waals surface area contributed by atoms with E-state index in [0.717, 1.165) is 12.2 Å². The summed E-state index contributed by atoms with van der Waals surface area (Å²) in [5, 5.41) is 0. The van der Waals surface area contributed by atoms with E-state index in [1.165, 1.54) is 0 Å². The Balaban J connectivity index is 1.86. The fourth-order valence-corrected chi connectivity index (χ4v) is 2.60. The lowest BCUT2D eigenvalue weighted by Gasteiger charge is -2.23. The summed E-state index contributed by atoms with van der Waals surface area (Å²) in [4.78, 5) is 26.6. The van der Waals surface area contributed by atoms with Gasteiger partial charge < -0.3 is 14.2 Å². The second-order valence-corrected chi connectivity index (χ2v) is 5.12. The van der Waals surface area contributed by atoms with Crippen LogP contribution in [0.3, 0.4) is 0 Å². The van der Waals surface area contributed by atoms with Crippen molar-refractivity contribution in [3.8, 4) is 0 Å². The van der Waals surface area contributed by atoms with Crippen molar-refractivity contribution in [2.45, 2.75) is 13.1 Å². The van der Waals surface area contributed by atoms with Crippen LogP contribution in [0.1, 0.15) is 16.3 Å².